The Balaban J connectivity index is 1.85. The molecule has 0 unspecified atom stereocenters. The number of fused-ring (bicyclic) bond motifs is 1. The van der Waals surface area contributed by atoms with Crippen molar-refractivity contribution in [1.82, 2.24) is 21.2 Å². The van der Waals surface area contributed by atoms with Crippen LogP contribution in [-0.2, 0) is 0 Å². The van der Waals surface area contributed by atoms with Crippen LogP contribution in [0, 0.1) is 0 Å². The highest BCUT2D eigenvalue weighted by atomic mass is 16.5. The standard InChI is InChI=1S/C22H24N4O3/c1-3-4-13-23-22(28)26-25-21(27)18-14-20(15-9-11-16(29-2)12-10-15)24-19-8-6-5-7-17(18)19/h5-12,14H,3-4,13H2,1-2H3,(H,25,27)(H2,23,26,28). The van der Waals surface area contributed by atoms with Gasteiger partial charge in [-0.15, -0.1) is 0 Å². The molecule has 1 aromatic heterocycles. The van der Waals surface area contributed by atoms with Crippen molar-refractivity contribution in [1.29, 1.82) is 0 Å². The van der Waals surface area contributed by atoms with Gasteiger partial charge in [-0.2, -0.15) is 0 Å². The van der Waals surface area contributed by atoms with Gasteiger partial charge < -0.3 is 10.1 Å². The molecular weight excluding hydrogens is 368 g/mol. The molecule has 0 bridgehead atoms. The first-order valence-electron chi connectivity index (χ1n) is 9.50. The number of nitrogens with zero attached hydrogens (tertiary/aromatic N) is 1. The molecule has 0 saturated heterocycles. The van der Waals surface area contributed by atoms with Gasteiger partial charge in [0.25, 0.3) is 5.91 Å². The molecule has 7 nitrogen and oxygen atoms in total. The first kappa shape index (κ1) is 20.1. The average molecular weight is 392 g/mol. The van der Waals surface area contributed by atoms with Crippen LogP contribution < -0.4 is 20.9 Å². The molecule has 1 heterocycles. The van der Waals surface area contributed by atoms with E-state index in [4.69, 9.17) is 4.74 Å². The molecule has 0 saturated carbocycles. The van der Waals surface area contributed by atoms with Crippen molar-refractivity contribution in [2.75, 3.05) is 13.7 Å². The summed E-state index contributed by atoms with van der Waals surface area (Å²) in [5.74, 6) is 0.329. The molecule has 0 fully saturated rings. The van der Waals surface area contributed by atoms with E-state index in [0.29, 0.717) is 28.7 Å². The van der Waals surface area contributed by atoms with Crippen molar-refractivity contribution in [3.8, 4) is 17.0 Å². The van der Waals surface area contributed by atoms with Crippen LogP contribution in [0.25, 0.3) is 22.2 Å². The third kappa shape index (κ3) is 5.01. The Morgan fingerprint density at radius 3 is 2.52 bits per heavy atom. The van der Waals surface area contributed by atoms with Crippen LogP contribution in [0.3, 0.4) is 0 Å². The van der Waals surface area contributed by atoms with E-state index in [1.165, 1.54) is 0 Å². The molecule has 2 aromatic carbocycles. The van der Waals surface area contributed by atoms with Gasteiger partial charge in [0.15, 0.2) is 0 Å². The maximum Gasteiger partial charge on any atom is 0.333 e. The largest absolute Gasteiger partial charge is 0.497 e. The van der Waals surface area contributed by atoms with E-state index in [1.807, 2.05) is 55.5 Å². The predicted molar refractivity (Wildman–Crippen MR) is 113 cm³/mol. The molecular formula is C22H24N4O3. The van der Waals surface area contributed by atoms with Crippen molar-refractivity contribution in [3.63, 3.8) is 0 Å². The molecule has 3 amide bonds. The van der Waals surface area contributed by atoms with Crippen molar-refractivity contribution < 1.29 is 14.3 Å². The van der Waals surface area contributed by atoms with Crippen LogP contribution >= 0.6 is 0 Å². The van der Waals surface area contributed by atoms with E-state index in [9.17, 15) is 9.59 Å². The molecule has 0 aliphatic heterocycles. The average Bonchev–Trinajstić information content (AvgIpc) is 2.77. The number of hydrogen-bond acceptors (Lipinski definition) is 4. The van der Waals surface area contributed by atoms with Crippen LogP contribution in [-0.4, -0.2) is 30.6 Å². The Hall–Kier alpha value is -3.61. The Morgan fingerprint density at radius 1 is 1.03 bits per heavy atom. The fourth-order valence-electron chi connectivity index (χ4n) is 2.88. The number of rotatable bonds is 6. The normalized spacial score (nSPS) is 10.4. The van der Waals surface area contributed by atoms with Crippen LogP contribution in [0.5, 0.6) is 5.75 Å². The van der Waals surface area contributed by atoms with Crippen LogP contribution in [0.1, 0.15) is 30.1 Å². The van der Waals surface area contributed by atoms with Crippen molar-refractivity contribution in [2.24, 2.45) is 0 Å². The summed E-state index contributed by atoms with van der Waals surface area (Å²) in [5, 5.41) is 3.39. The van der Waals surface area contributed by atoms with Gasteiger partial charge >= 0.3 is 6.03 Å². The summed E-state index contributed by atoms with van der Waals surface area (Å²) >= 11 is 0. The Kier molecular flexibility index (Phi) is 6.63. The lowest BCUT2D eigenvalue weighted by Gasteiger charge is -2.12. The van der Waals surface area contributed by atoms with Gasteiger partial charge in [-0.25, -0.2) is 15.2 Å². The number of amides is 3. The predicted octanol–water partition coefficient (Wildman–Crippen LogP) is 3.65. The highest BCUT2D eigenvalue weighted by Gasteiger charge is 2.14. The summed E-state index contributed by atoms with van der Waals surface area (Å²) < 4.78 is 5.20. The first-order chi connectivity index (χ1) is 14.1. The minimum atomic E-state index is -0.444. The quantitative estimate of drug-likeness (QED) is 0.441. The van der Waals surface area contributed by atoms with Gasteiger partial charge in [0.1, 0.15) is 5.75 Å². The minimum Gasteiger partial charge on any atom is -0.497 e. The number of benzene rings is 2. The van der Waals surface area contributed by atoms with Gasteiger partial charge in [0, 0.05) is 17.5 Å². The van der Waals surface area contributed by atoms with Gasteiger partial charge in [0.2, 0.25) is 0 Å². The zero-order valence-electron chi connectivity index (χ0n) is 16.5. The van der Waals surface area contributed by atoms with Crippen LogP contribution in [0.15, 0.2) is 54.6 Å². The van der Waals surface area contributed by atoms with E-state index in [0.717, 1.165) is 24.2 Å². The fraction of sp³-hybridized carbons (Fsp3) is 0.227. The number of urea groups is 1. The molecule has 0 aliphatic carbocycles. The van der Waals surface area contributed by atoms with Gasteiger partial charge in [-0.05, 0) is 42.8 Å². The summed E-state index contributed by atoms with van der Waals surface area (Å²) in [6.45, 7) is 2.59. The second-order valence-electron chi connectivity index (χ2n) is 6.49. The van der Waals surface area contributed by atoms with Crippen molar-refractivity contribution >= 4 is 22.8 Å². The lowest BCUT2D eigenvalue weighted by molar-refractivity contribution is 0.0938. The topological polar surface area (TPSA) is 92.4 Å². The molecule has 0 atom stereocenters. The molecule has 3 aromatic rings. The van der Waals surface area contributed by atoms with Gasteiger partial charge in [-0.3, -0.25) is 10.2 Å². The van der Waals surface area contributed by atoms with Crippen LogP contribution in [0.2, 0.25) is 0 Å². The number of aromatic nitrogens is 1. The first-order valence-corrected chi connectivity index (χ1v) is 9.50. The number of nitrogens with one attached hydrogen (secondary N) is 3. The summed E-state index contributed by atoms with van der Waals surface area (Å²) in [5.41, 5.74) is 7.49. The maximum atomic E-state index is 12.8. The number of pyridine rings is 1. The number of carbonyl (C=O) groups is 2. The molecule has 7 heteroatoms. The molecule has 3 rings (SSSR count). The molecule has 0 aliphatic rings. The summed E-state index contributed by atoms with van der Waals surface area (Å²) in [4.78, 5) is 29.2. The molecule has 3 N–H and O–H groups in total. The van der Waals surface area contributed by atoms with E-state index < -0.39 is 11.9 Å². The second-order valence-corrected chi connectivity index (χ2v) is 6.49. The molecule has 0 radical (unpaired) electrons. The Bertz CT molecular complexity index is 1000. The third-order valence-corrected chi connectivity index (χ3v) is 4.45. The number of para-hydroxylation sites is 1. The number of hydrogen-bond donors (Lipinski definition) is 3. The number of unbranched alkanes of at least 4 members (excludes halogenated alkanes) is 1. The molecule has 0 spiro atoms. The smallest absolute Gasteiger partial charge is 0.333 e. The van der Waals surface area contributed by atoms with Crippen molar-refractivity contribution in [2.45, 2.75) is 19.8 Å². The second kappa shape index (κ2) is 9.54. The van der Waals surface area contributed by atoms with Gasteiger partial charge in [-0.1, -0.05) is 31.5 Å². The minimum absolute atomic E-state index is 0.413. The zero-order chi connectivity index (χ0) is 20.6. The number of carbonyl (C=O) groups excluding carboxylic acids is 2. The number of hydrazine groups is 1. The maximum absolute atomic E-state index is 12.8. The number of ether oxygens (including phenoxy) is 1. The summed E-state index contributed by atoms with van der Waals surface area (Å²) in [6, 6.07) is 16.1. The van der Waals surface area contributed by atoms with E-state index >= 15 is 0 Å². The Morgan fingerprint density at radius 2 is 1.79 bits per heavy atom. The van der Waals surface area contributed by atoms with Crippen molar-refractivity contribution in [3.05, 3.63) is 60.2 Å². The summed E-state index contributed by atoms with van der Waals surface area (Å²) in [6.07, 6.45) is 1.85. The van der Waals surface area contributed by atoms with E-state index in [1.54, 1.807) is 13.2 Å². The van der Waals surface area contributed by atoms with E-state index in [-0.39, 0.29) is 0 Å². The lowest BCUT2D eigenvalue weighted by Crippen LogP contribution is -2.47. The lowest BCUT2D eigenvalue weighted by atomic mass is 10.0. The highest BCUT2D eigenvalue weighted by Crippen LogP contribution is 2.26. The fourth-order valence-corrected chi connectivity index (χ4v) is 2.88. The third-order valence-electron chi connectivity index (χ3n) is 4.45. The number of methoxy groups -OCH3 is 1. The monoisotopic (exact) mass is 392 g/mol. The Labute approximate surface area is 169 Å². The molecule has 150 valence electrons. The SMILES string of the molecule is CCCCNC(=O)NNC(=O)c1cc(-c2ccc(OC)cc2)nc2ccccc12. The van der Waals surface area contributed by atoms with E-state index in [2.05, 4.69) is 21.2 Å². The molecule has 29 heavy (non-hydrogen) atoms. The van der Waals surface area contributed by atoms with Gasteiger partial charge in [0.05, 0.1) is 23.9 Å². The van der Waals surface area contributed by atoms with Crippen LogP contribution in [0.4, 0.5) is 4.79 Å². The summed E-state index contributed by atoms with van der Waals surface area (Å²) in [7, 11) is 1.61. The zero-order valence-corrected chi connectivity index (χ0v) is 16.5. The highest BCUT2D eigenvalue weighted by molar-refractivity contribution is 6.07.